The molecule has 0 amide bonds. The molecule has 1 fully saturated rings. The van der Waals surface area contributed by atoms with Crippen molar-refractivity contribution in [3.05, 3.63) is 0 Å². The summed E-state index contributed by atoms with van der Waals surface area (Å²) in [7, 11) is 0. The van der Waals surface area contributed by atoms with E-state index < -0.39 is 0 Å². The lowest BCUT2D eigenvalue weighted by atomic mass is 9.60. The molecule has 0 radical (unpaired) electrons. The van der Waals surface area contributed by atoms with Gasteiger partial charge < -0.3 is 4.74 Å². The Kier molecular flexibility index (Phi) is 5.91. The fraction of sp³-hybridized carbons (Fsp3) is 0.947. The maximum absolute atomic E-state index is 12.7. The monoisotopic (exact) mass is 296 g/mol. The Labute approximate surface area is 132 Å². The lowest BCUT2D eigenvalue weighted by molar-refractivity contribution is -0.195. The van der Waals surface area contributed by atoms with E-state index in [4.69, 9.17) is 4.74 Å². The second kappa shape index (κ2) is 6.71. The van der Waals surface area contributed by atoms with E-state index in [1.807, 2.05) is 13.8 Å². The van der Waals surface area contributed by atoms with Crippen molar-refractivity contribution in [3.63, 3.8) is 0 Å². The highest BCUT2D eigenvalue weighted by molar-refractivity contribution is 5.76. The standard InChI is InChI=1S/C19H36O2/c1-8-17(6,7)16(20)21-19(13-11-12-14-19)18(9-2,10-3)15(4)5/h15H,8-14H2,1-7H3. The molecule has 2 nitrogen and oxygen atoms in total. The van der Waals surface area contributed by atoms with E-state index in [-0.39, 0.29) is 22.4 Å². The minimum absolute atomic E-state index is 0.00109. The third-order valence-corrected chi connectivity index (χ3v) is 6.41. The molecule has 1 saturated carbocycles. The first-order valence-electron chi connectivity index (χ1n) is 8.94. The van der Waals surface area contributed by atoms with Crippen molar-refractivity contribution in [2.45, 2.75) is 99.0 Å². The molecule has 0 aromatic heterocycles. The van der Waals surface area contributed by atoms with Crippen LogP contribution in [0, 0.1) is 16.7 Å². The van der Waals surface area contributed by atoms with Crippen LogP contribution in [0.5, 0.6) is 0 Å². The predicted molar refractivity (Wildman–Crippen MR) is 89.2 cm³/mol. The van der Waals surface area contributed by atoms with Crippen LogP contribution in [0.15, 0.2) is 0 Å². The van der Waals surface area contributed by atoms with Crippen LogP contribution >= 0.6 is 0 Å². The molecule has 1 rings (SSSR count). The highest BCUT2D eigenvalue weighted by atomic mass is 16.6. The minimum atomic E-state index is -0.375. The third-order valence-electron chi connectivity index (χ3n) is 6.41. The van der Waals surface area contributed by atoms with Gasteiger partial charge in [0.25, 0.3) is 0 Å². The first kappa shape index (κ1) is 18.5. The van der Waals surface area contributed by atoms with Gasteiger partial charge in [-0.25, -0.2) is 0 Å². The summed E-state index contributed by atoms with van der Waals surface area (Å²) in [5.41, 5.74) is -0.503. The van der Waals surface area contributed by atoms with Gasteiger partial charge in [0.05, 0.1) is 5.41 Å². The Morgan fingerprint density at radius 1 is 1.05 bits per heavy atom. The molecule has 0 saturated heterocycles. The van der Waals surface area contributed by atoms with E-state index in [0.29, 0.717) is 5.92 Å². The molecule has 0 unspecified atom stereocenters. The summed E-state index contributed by atoms with van der Waals surface area (Å²) in [6.07, 6.45) is 7.45. The minimum Gasteiger partial charge on any atom is -0.458 e. The Bertz CT molecular complexity index is 345. The lowest BCUT2D eigenvalue weighted by Gasteiger charge is -2.51. The van der Waals surface area contributed by atoms with Crippen LogP contribution in [0.2, 0.25) is 0 Å². The molecule has 2 heteroatoms. The molecule has 0 bridgehead atoms. The van der Waals surface area contributed by atoms with Gasteiger partial charge in [-0.2, -0.15) is 0 Å². The number of ether oxygens (including phenoxy) is 1. The van der Waals surface area contributed by atoms with Crippen LogP contribution in [0.3, 0.4) is 0 Å². The normalized spacial score (nSPS) is 19.0. The topological polar surface area (TPSA) is 26.3 Å². The molecule has 0 atom stereocenters. The zero-order valence-corrected chi connectivity index (χ0v) is 15.3. The molecule has 0 aromatic carbocycles. The van der Waals surface area contributed by atoms with Crippen LogP contribution in [-0.2, 0) is 9.53 Å². The predicted octanol–water partition coefficient (Wildman–Crippen LogP) is 5.74. The molecule has 0 aromatic rings. The van der Waals surface area contributed by atoms with Gasteiger partial charge in [0.1, 0.15) is 5.60 Å². The molecule has 21 heavy (non-hydrogen) atoms. The first-order valence-corrected chi connectivity index (χ1v) is 8.94. The highest BCUT2D eigenvalue weighted by Crippen LogP contribution is 2.55. The first-order chi connectivity index (χ1) is 9.71. The molecule has 1 aliphatic rings. The van der Waals surface area contributed by atoms with Crippen LogP contribution in [-0.4, -0.2) is 11.6 Å². The van der Waals surface area contributed by atoms with Gasteiger partial charge in [0, 0.05) is 5.41 Å². The summed E-state index contributed by atoms with van der Waals surface area (Å²) in [5, 5.41) is 0. The zero-order chi connectivity index (χ0) is 16.3. The largest absolute Gasteiger partial charge is 0.458 e. The maximum Gasteiger partial charge on any atom is 0.312 e. The Hall–Kier alpha value is -0.530. The summed E-state index contributed by atoms with van der Waals surface area (Å²) in [6, 6.07) is 0. The van der Waals surface area contributed by atoms with Crippen molar-refractivity contribution in [2.24, 2.45) is 16.7 Å². The molecule has 1 aliphatic carbocycles. The quantitative estimate of drug-likeness (QED) is 0.560. The van der Waals surface area contributed by atoms with E-state index in [1.54, 1.807) is 0 Å². The Morgan fingerprint density at radius 3 is 1.86 bits per heavy atom. The van der Waals surface area contributed by atoms with Crippen molar-refractivity contribution < 1.29 is 9.53 Å². The fourth-order valence-corrected chi connectivity index (χ4v) is 4.34. The molecule has 0 aliphatic heterocycles. The van der Waals surface area contributed by atoms with E-state index in [1.165, 1.54) is 12.8 Å². The Morgan fingerprint density at radius 2 is 1.52 bits per heavy atom. The fourth-order valence-electron chi connectivity index (χ4n) is 4.34. The summed E-state index contributed by atoms with van der Waals surface area (Å²) in [5.74, 6) is 0.530. The van der Waals surface area contributed by atoms with E-state index in [0.717, 1.165) is 32.1 Å². The number of hydrogen-bond donors (Lipinski definition) is 0. The van der Waals surface area contributed by atoms with Gasteiger partial charge in [-0.1, -0.05) is 34.6 Å². The second-order valence-corrected chi connectivity index (χ2v) is 7.85. The SMILES string of the molecule is CCC(C)(C)C(=O)OC1(C(CC)(CC)C(C)C)CCCC1. The summed E-state index contributed by atoms with van der Waals surface area (Å²) in [6.45, 7) is 15.2. The van der Waals surface area contributed by atoms with Gasteiger partial charge in [-0.3, -0.25) is 4.79 Å². The Balaban J connectivity index is 3.17. The van der Waals surface area contributed by atoms with Gasteiger partial charge >= 0.3 is 5.97 Å². The number of carbonyl (C=O) groups is 1. The smallest absolute Gasteiger partial charge is 0.312 e. The van der Waals surface area contributed by atoms with Crippen molar-refractivity contribution in [3.8, 4) is 0 Å². The highest BCUT2D eigenvalue weighted by Gasteiger charge is 2.55. The summed E-state index contributed by atoms with van der Waals surface area (Å²) < 4.78 is 6.32. The van der Waals surface area contributed by atoms with E-state index in [9.17, 15) is 4.79 Å². The number of carbonyl (C=O) groups excluding carboxylic acids is 1. The molecular weight excluding hydrogens is 260 g/mol. The third kappa shape index (κ3) is 3.14. The maximum atomic E-state index is 12.7. The lowest BCUT2D eigenvalue weighted by Crippen LogP contribution is -2.53. The number of rotatable bonds is 7. The van der Waals surface area contributed by atoms with Crippen molar-refractivity contribution in [1.82, 2.24) is 0 Å². The van der Waals surface area contributed by atoms with Crippen LogP contribution < -0.4 is 0 Å². The average Bonchev–Trinajstić information content (AvgIpc) is 2.90. The second-order valence-electron chi connectivity index (χ2n) is 7.85. The van der Waals surface area contributed by atoms with E-state index in [2.05, 4.69) is 34.6 Å². The van der Waals surface area contributed by atoms with Gasteiger partial charge in [0.15, 0.2) is 0 Å². The molecular formula is C19H36O2. The zero-order valence-electron chi connectivity index (χ0n) is 15.3. The number of hydrogen-bond acceptors (Lipinski definition) is 2. The van der Waals surface area contributed by atoms with E-state index >= 15 is 0 Å². The molecule has 0 heterocycles. The van der Waals surface area contributed by atoms with Crippen LogP contribution in [0.25, 0.3) is 0 Å². The van der Waals surface area contributed by atoms with Gasteiger partial charge in [0.2, 0.25) is 0 Å². The van der Waals surface area contributed by atoms with Crippen molar-refractivity contribution in [1.29, 1.82) is 0 Å². The number of esters is 1. The van der Waals surface area contributed by atoms with Crippen molar-refractivity contribution >= 4 is 5.97 Å². The van der Waals surface area contributed by atoms with Crippen LogP contribution in [0.4, 0.5) is 0 Å². The van der Waals surface area contributed by atoms with Gasteiger partial charge in [-0.15, -0.1) is 0 Å². The molecule has 124 valence electrons. The molecule has 0 N–H and O–H groups in total. The van der Waals surface area contributed by atoms with Crippen molar-refractivity contribution in [2.75, 3.05) is 0 Å². The summed E-state index contributed by atoms with van der Waals surface area (Å²) >= 11 is 0. The average molecular weight is 296 g/mol. The van der Waals surface area contributed by atoms with Gasteiger partial charge in [-0.05, 0) is 64.7 Å². The molecule has 0 spiro atoms. The van der Waals surface area contributed by atoms with Crippen LogP contribution in [0.1, 0.15) is 93.4 Å². The summed E-state index contributed by atoms with van der Waals surface area (Å²) in [4.78, 5) is 12.7.